The molecule has 6 N–H and O–H groups in total. The molecule has 4 aliphatic rings. The van der Waals surface area contributed by atoms with Crippen molar-refractivity contribution in [2.75, 3.05) is 66.8 Å². The van der Waals surface area contributed by atoms with Crippen LogP contribution >= 0.6 is 0 Å². The Bertz CT molecular complexity index is 4920. The van der Waals surface area contributed by atoms with E-state index in [1.165, 1.54) is 38.8 Å². The van der Waals surface area contributed by atoms with E-state index in [4.69, 9.17) is 64.8 Å². The van der Waals surface area contributed by atoms with Crippen LogP contribution in [0.25, 0.3) is 110 Å². The highest BCUT2D eigenvalue weighted by Gasteiger charge is 2.31. The molecule has 541 valence electrons. The lowest BCUT2D eigenvalue weighted by Gasteiger charge is -2.39. The van der Waals surface area contributed by atoms with E-state index in [1.54, 1.807) is 32.7 Å². The monoisotopic (exact) mass is 1400 g/mol. The van der Waals surface area contributed by atoms with Crippen molar-refractivity contribution >= 4 is 86.1 Å². The molecule has 12 heterocycles. The number of aromatic nitrogens is 10. The maximum atomic E-state index is 13.8. The van der Waals surface area contributed by atoms with Gasteiger partial charge in [-0.05, 0) is 161 Å². The number of hydrogen-bond donors (Lipinski definition) is 5. The Morgan fingerprint density at radius 2 is 1.06 bits per heavy atom. The Morgan fingerprint density at radius 1 is 0.612 bits per heavy atom. The number of aromatic amines is 2. The molecule has 0 aliphatic carbocycles. The third-order valence-electron chi connectivity index (χ3n) is 19.7. The van der Waals surface area contributed by atoms with Gasteiger partial charge in [0, 0.05) is 132 Å². The molecule has 4 saturated heterocycles. The number of likely N-dealkylation sites (tertiary alicyclic amines) is 2. The summed E-state index contributed by atoms with van der Waals surface area (Å²) in [6.45, 7) is 23.7. The van der Waals surface area contributed by atoms with E-state index >= 15 is 0 Å². The van der Waals surface area contributed by atoms with E-state index in [0.29, 0.717) is 75.5 Å². The lowest BCUT2D eigenvalue weighted by atomic mass is 9.96. The Balaban J connectivity index is 0.000000182. The predicted octanol–water partition coefficient (Wildman–Crippen LogP) is 13.4. The number of nitrogens with zero attached hydrogens (tertiary/aromatic N) is 10. The summed E-state index contributed by atoms with van der Waals surface area (Å²) in [4.78, 5) is 65.4. The van der Waals surface area contributed by atoms with Crippen molar-refractivity contribution in [1.82, 2.24) is 65.3 Å². The van der Waals surface area contributed by atoms with E-state index in [1.807, 2.05) is 116 Å². The summed E-state index contributed by atoms with van der Waals surface area (Å²) in [6, 6.07) is 25.2. The fourth-order valence-corrected chi connectivity index (χ4v) is 14.8. The summed E-state index contributed by atoms with van der Waals surface area (Å²) in [5.74, 6) is 4.36. The number of fused-ring (bicyclic) bond motifs is 8. The highest BCUT2D eigenvalue weighted by Crippen LogP contribution is 2.45. The van der Waals surface area contributed by atoms with Crippen molar-refractivity contribution in [2.24, 2.45) is 5.73 Å². The van der Waals surface area contributed by atoms with Gasteiger partial charge in [-0.15, -0.1) is 0 Å². The molecule has 8 aromatic heterocycles. The minimum Gasteiger partial charge on any atom is -0.496 e. The van der Waals surface area contributed by atoms with Crippen LogP contribution in [0.4, 0.5) is 0 Å². The van der Waals surface area contributed by atoms with Crippen LogP contribution < -0.4 is 25.3 Å². The number of amides is 1. The Morgan fingerprint density at radius 3 is 1.50 bits per heavy atom. The molecule has 1 radical (unpaired) electrons. The number of piperidine rings is 2. The lowest BCUT2D eigenvalue weighted by molar-refractivity contribution is -0.120. The highest BCUT2D eigenvalue weighted by molar-refractivity contribution is 6.18. The minimum atomic E-state index is -0.0949. The van der Waals surface area contributed by atoms with Gasteiger partial charge in [0.1, 0.15) is 51.5 Å². The van der Waals surface area contributed by atoms with E-state index < -0.39 is 0 Å². The zero-order valence-electron chi connectivity index (χ0n) is 60.0. The van der Waals surface area contributed by atoms with Crippen molar-refractivity contribution in [2.45, 2.75) is 146 Å². The first-order valence-electron chi connectivity index (χ1n) is 35.3. The third kappa shape index (κ3) is 15.6. The van der Waals surface area contributed by atoms with Crippen LogP contribution in [0.2, 0.25) is 0 Å². The van der Waals surface area contributed by atoms with Gasteiger partial charge in [0.05, 0.1) is 70.0 Å². The zero-order chi connectivity index (χ0) is 71.7. The maximum absolute atomic E-state index is 13.8. The van der Waals surface area contributed by atoms with Gasteiger partial charge in [-0.3, -0.25) is 19.6 Å². The average Bonchev–Trinajstić information content (AvgIpc) is 1.57. The Kier molecular flexibility index (Phi) is 24.6. The minimum absolute atomic E-state index is 0. The number of pyridine rings is 2. The summed E-state index contributed by atoms with van der Waals surface area (Å²) >= 11 is 0. The average molecular weight is 1400 g/mol. The summed E-state index contributed by atoms with van der Waals surface area (Å²) in [6.07, 6.45) is 12.3. The number of benzene rings is 4. The second-order valence-corrected chi connectivity index (χ2v) is 25.7. The zero-order valence-corrected chi connectivity index (χ0v) is 59.0. The molecular formula is C78H96BN14O10. The molecule has 12 aromatic rings. The molecule has 24 nitrogen and oxygen atoms in total. The van der Waals surface area contributed by atoms with Crippen LogP contribution in [-0.4, -0.2) is 178 Å². The molecule has 103 heavy (non-hydrogen) atoms. The van der Waals surface area contributed by atoms with Crippen LogP contribution in [0, 0.1) is 41.5 Å². The topological polar surface area (TPSA) is 306 Å². The van der Waals surface area contributed by atoms with Crippen LogP contribution in [0.3, 0.4) is 0 Å². The van der Waals surface area contributed by atoms with Crippen molar-refractivity contribution in [3.8, 4) is 62.0 Å². The Labute approximate surface area is 603 Å². The number of nitrogens with two attached hydrogens (primary N) is 1. The van der Waals surface area contributed by atoms with Crippen molar-refractivity contribution < 1.29 is 47.3 Å². The number of hydrogen-bond acceptors (Lipinski definition) is 21. The molecule has 0 spiro atoms. The molecule has 25 heteroatoms. The smallest absolute Gasteiger partial charge is 0.298 e. The SMILES string of the molecule is C.C.CC.COc1cc2c(cc1-c1c(C)noc1C)[nH]c1nc(C)nc(-c3ccc(C(=O)NC4CCN(C5CCOCC5)CC4)c4ncccc34)c12.COc1cc2c(cc1-c1c(C)noc1C)[nH]c1nc(C)nc(-c3ccc(OC=O)c4ncccc34)c12.NC1CCN(C2CCOCC2)CC1.[3H][B]O. The molecule has 4 fully saturated rings. The number of methoxy groups -OCH3 is 2. The number of nitrogens with one attached hydrogen (secondary N) is 3. The van der Waals surface area contributed by atoms with Gasteiger partial charge in [0.15, 0.2) is 5.75 Å². The summed E-state index contributed by atoms with van der Waals surface area (Å²) in [7, 11) is 3.56. The summed E-state index contributed by atoms with van der Waals surface area (Å²) in [5, 5.41) is 23.9. The van der Waals surface area contributed by atoms with Crippen molar-refractivity contribution in [3.63, 3.8) is 0 Å². The van der Waals surface area contributed by atoms with Gasteiger partial charge in [-0.2, -0.15) is 0 Å². The second-order valence-electron chi connectivity index (χ2n) is 25.7. The number of carbonyl (C=O) groups is 2. The summed E-state index contributed by atoms with van der Waals surface area (Å²) < 4.78 is 44.3. The van der Waals surface area contributed by atoms with Crippen molar-refractivity contribution in [3.05, 3.63) is 125 Å². The number of H-pyrrole nitrogens is 2. The number of ether oxygens (including phenoxy) is 5. The standard InChI is InChI=1S/C37H39N7O4.C27H21N5O4.C10H20N2O.C2H6.2CH4.BH2O/c1-20-32(21(2)48-43-20)29-18-30-28(19-31(29)46-4)33-35(39-22(3)40-36(33)42-30)26-7-8-27(34-25(26)6-5-13-38-34)37(45)41-23-9-14-44(15-10-23)24-11-16-47-17-12-24;1-13-23(14(2)36-32-13)19-10-20-18(11-22(19)34-4)24-26(29-15(3)30-27(24)31-20)17-7-8-21(35-12-33)25-16(17)6-5-9-28-25;11-9-1-5-12(6-2-9)10-3-7-13-8-4-10;1-2;;;1-2/h5-8,13,18-19,23-24H,9-12,14-17H2,1-4H3,(H,41,45)(H,39,40,42);5-12H,1-4H3,(H,29,30,31);9-10H,1-8,11H2;1-2H3;2*1H4;1-2H/i;;;;;;1T. The molecule has 0 atom stereocenters. The van der Waals surface area contributed by atoms with Gasteiger partial charge in [0.2, 0.25) is 0 Å². The summed E-state index contributed by atoms with van der Waals surface area (Å²) in [5.41, 5.74) is 19.2. The molecule has 0 bridgehead atoms. The van der Waals surface area contributed by atoms with E-state index in [9.17, 15) is 9.59 Å². The van der Waals surface area contributed by atoms with Gasteiger partial charge >= 0.3 is 0 Å². The van der Waals surface area contributed by atoms with Gasteiger partial charge in [-0.25, -0.2) is 19.9 Å². The predicted molar refractivity (Wildman–Crippen MR) is 406 cm³/mol. The largest absolute Gasteiger partial charge is 0.496 e. The fourth-order valence-electron chi connectivity index (χ4n) is 14.8. The molecule has 1 amide bonds. The third-order valence-corrected chi connectivity index (χ3v) is 19.7. The van der Waals surface area contributed by atoms with Crippen LogP contribution in [0.15, 0.2) is 94.2 Å². The van der Waals surface area contributed by atoms with E-state index in [-0.39, 0.29) is 34.8 Å². The highest BCUT2D eigenvalue weighted by atomic mass is 16.5. The Hall–Kier alpha value is -9.76. The molecule has 4 aromatic carbocycles. The normalized spacial score (nSPS) is 15.7. The first kappa shape index (κ1) is 74.4. The van der Waals surface area contributed by atoms with Crippen molar-refractivity contribution in [1.29, 1.82) is 1.34 Å². The second kappa shape index (κ2) is 34.0. The number of aryl methyl sites for hydroxylation is 6. The molecule has 16 rings (SSSR count). The molecule has 0 saturated carbocycles. The first-order valence-corrected chi connectivity index (χ1v) is 34.7. The van der Waals surface area contributed by atoms with E-state index in [2.05, 4.69) is 51.4 Å². The van der Waals surface area contributed by atoms with Gasteiger partial charge in [0.25, 0.3) is 20.4 Å². The fraction of sp³-hybridized carbons (Fsp3) is 0.410. The first-order chi connectivity index (χ1) is 49.7. The van der Waals surface area contributed by atoms with Crippen LogP contribution in [0.1, 0.15) is 125 Å². The lowest BCUT2D eigenvalue weighted by Crippen LogP contribution is -2.49. The maximum Gasteiger partial charge on any atom is 0.298 e. The molecular weight excluding hydrogens is 1300 g/mol. The quantitative estimate of drug-likeness (QED) is 0.0560. The van der Waals surface area contributed by atoms with Gasteiger partial charge < -0.3 is 68.6 Å². The van der Waals surface area contributed by atoms with E-state index in [0.717, 1.165) is 182 Å². The number of carbonyl (C=O) groups excluding carboxylic acids is 2. The van der Waals surface area contributed by atoms with Crippen LogP contribution in [-0.2, 0) is 14.3 Å². The number of rotatable bonds is 12. The van der Waals surface area contributed by atoms with Gasteiger partial charge in [-0.1, -0.05) is 57.2 Å². The molecule has 4 aliphatic heterocycles. The van der Waals surface area contributed by atoms with Crippen LogP contribution in [0.5, 0.6) is 17.2 Å². The molecule has 0 unspecified atom stereocenters.